The number of carboxylic acids is 1. The third-order valence-electron chi connectivity index (χ3n) is 0.514. The Balaban J connectivity index is -0.000000180. The average Bonchev–Trinajstić information content (AvgIpc) is 1.65. The van der Waals surface area contributed by atoms with Crippen molar-refractivity contribution in [2.45, 2.75) is 6.04 Å². The molecule has 5 nitrogen and oxygen atoms in total. The van der Waals surface area contributed by atoms with Gasteiger partial charge < -0.3 is 21.8 Å². The first-order valence-electron chi connectivity index (χ1n) is 1.77. The highest BCUT2D eigenvalue weighted by Crippen LogP contribution is 1.80. The van der Waals surface area contributed by atoms with Crippen molar-refractivity contribution in [2.24, 2.45) is 5.73 Å². The van der Waals surface area contributed by atoms with Crippen LogP contribution in [0.5, 0.6) is 0 Å². The number of carbonyl (C=O) groups is 1. The van der Waals surface area contributed by atoms with Crippen LogP contribution in [0.2, 0.25) is 0 Å². The summed E-state index contributed by atoms with van der Waals surface area (Å²) in [6, 6.07) is -0.816. The molecule has 0 heterocycles. The Bertz CT molecular complexity index is 78.2. The summed E-state index contributed by atoms with van der Waals surface area (Å²) < 4.78 is 0. The maximum atomic E-state index is 9.76. The summed E-state index contributed by atoms with van der Waals surface area (Å²) in [6.45, 7) is 0. The monoisotopic (exact) mass is 157 g/mol. The molecule has 0 aromatic rings. The standard InChI is InChI=1S/C3H7NO2S.2H2O/c4-2(1-7)3(5)6;;/h2,7H,1,4H2,(H,5,6);2*1H2/t2-;;/m0../s1. The van der Waals surface area contributed by atoms with Gasteiger partial charge in [0, 0.05) is 5.75 Å². The van der Waals surface area contributed by atoms with Crippen LogP contribution in [0.1, 0.15) is 0 Å². The summed E-state index contributed by atoms with van der Waals surface area (Å²) in [7, 11) is 0. The molecule has 0 rings (SSSR count). The number of aliphatic carboxylic acids is 1. The molecule has 0 saturated heterocycles. The molecule has 0 saturated carbocycles. The Morgan fingerprint density at radius 1 is 1.67 bits per heavy atom. The van der Waals surface area contributed by atoms with Crippen LogP contribution < -0.4 is 5.73 Å². The Morgan fingerprint density at radius 2 is 2.00 bits per heavy atom. The Morgan fingerprint density at radius 3 is 2.00 bits per heavy atom. The molecule has 0 spiro atoms. The first-order valence-corrected chi connectivity index (χ1v) is 2.41. The van der Waals surface area contributed by atoms with E-state index in [1.54, 1.807) is 0 Å². The van der Waals surface area contributed by atoms with Crippen LogP contribution in [-0.4, -0.2) is 33.8 Å². The normalized spacial score (nSPS) is 10.4. The smallest absolute Gasteiger partial charge is 0.321 e. The van der Waals surface area contributed by atoms with Crippen molar-refractivity contribution in [3.8, 4) is 0 Å². The third kappa shape index (κ3) is 7.70. The molecule has 0 aromatic carbocycles. The molecule has 0 aliphatic carbocycles. The zero-order chi connectivity index (χ0) is 5.86. The number of carboxylic acid groups (broad SMARTS) is 1. The largest absolute Gasteiger partial charge is 0.480 e. The van der Waals surface area contributed by atoms with E-state index in [0.717, 1.165) is 0 Å². The molecule has 7 N–H and O–H groups in total. The molecule has 0 radical (unpaired) electrons. The van der Waals surface area contributed by atoms with E-state index in [1.165, 1.54) is 0 Å². The van der Waals surface area contributed by atoms with E-state index in [0.29, 0.717) is 0 Å². The summed E-state index contributed by atoms with van der Waals surface area (Å²) in [5.41, 5.74) is 4.94. The van der Waals surface area contributed by atoms with Crippen LogP contribution in [0.4, 0.5) is 0 Å². The van der Waals surface area contributed by atoms with Gasteiger partial charge in [-0.05, 0) is 0 Å². The lowest BCUT2D eigenvalue weighted by atomic mass is 10.4. The van der Waals surface area contributed by atoms with Crippen molar-refractivity contribution in [1.29, 1.82) is 0 Å². The SMILES string of the molecule is N[C@@H](CS)C(=O)O.O.O. The van der Waals surface area contributed by atoms with E-state index in [1.807, 2.05) is 0 Å². The molecule has 0 amide bonds. The Labute approximate surface area is 57.9 Å². The van der Waals surface area contributed by atoms with Crippen molar-refractivity contribution in [3.63, 3.8) is 0 Å². The van der Waals surface area contributed by atoms with Crippen molar-refractivity contribution in [2.75, 3.05) is 5.75 Å². The molecule has 1 atom stereocenters. The lowest BCUT2D eigenvalue weighted by molar-refractivity contribution is -0.137. The Hall–Kier alpha value is -0.300. The molecule has 0 unspecified atom stereocenters. The van der Waals surface area contributed by atoms with Gasteiger partial charge >= 0.3 is 5.97 Å². The minimum absolute atomic E-state index is 0. The fourth-order valence-corrected chi connectivity index (χ4v) is 0.234. The van der Waals surface area contributed by atoms with E-state index >= 15 is 0 Å². The molecular weight excluding hydrogens is 146 g/mol. The predicted octanol–water partition coefficient (Wildman–Crippen LogP) is -2.32. The molecular formula is C3H11NO4S. The quantitative estimate of drug-likeness (QED) is 0.389. The van der Waals surface area contributed by atoms with Crippen molar-refractivity contribution in [3.05, 3.63) is 0 Å². The number of nitrogens with two attached hydrogens (primary N) is 1. The minimum atomic E-state index is -1.00. The van der Waals surface area contributed by atoms with E-state index < -0.39 is 12.0 Å². The zero-order valence-electron chi connectivity index (χ0n) is 4.66. The van der Waals surface area contributed by atoms with Crippen LogP contribution in [0.3, 0.4) is 0 Å². The summed E-state index contributed by atoms with van der Waals surface area (Å²) in [6.07, 6.45) is 0. The predicted molar refractivity (Wildman–Crippen MR) is 36.7 cm³/mol. The van der Waals surface area contributed by atoms with Crippen LogP contribution in [-0.2, 0) is 4.79 Å². The van der Waals surface area contributed by atoms with Crippen LogP contribution in [0.25, 0.3) is 0 Å². The molecule has 0 bridgehead atoms. The highest BCUT2D eigenvalue weighted by molar-refractivity contribution is 7.80. The molecule has 0 aliphatic heterocycles. The second-order valence-electron chi connectivity index (χ2n) is 1.13. The first-order chi connectivity index (χ1) is 3.18. The van der Waals surface area contributed by atoms with Crippen molar-refractivity contribution < 1.29 is 20.9 Å². The zero-order valence-corrected chi connectivity index (χ0v) is 5.56. The Kier molecular flexibility index (Phi) is 13.6. The van der Waals surface area contributed by atoms with Gasteiger partial charge in [-0.25, -0.2) is 0 Å². The topological polar surface area (TPSA) is 126 Å². The molecule has 0 fully saturated rings. The van der Waals surface area contributed by atoms with Gasteiger partial charge in [0.1, 0.15) is 6.04 Å². The van der Waals surface area contributed by atoms with E-state index in [2.05, 4.69) is 12.6 Å². The summed E-state index contributed by atoms with van der Waals surface area (Å²) in [5.74, 6) is -0.815. The molecule has 58 valence electrons. The van der Waals surface area contributed by atoms with Crippen LogP contribution >= 0.6 is 12.6 Å². The maximum Gasteiger partial charge on any atom is 0.321 e. The number of rotatable bonds is 2. The molecule has 6 heteroatoms. The van der Waals surface area contributed by atoms with E-state index in [9.17, 15) is 4.79 Å². The van der Waals surface area contributed by atoms with Gasteiger partial charge in [-0.3, -0.25) is 4.79 Å². The van der Waals surface area contributed by atoms with Gasteiger partial charge in [-0.15, -0.1) is 0 Å². The van der Waals surface area contributed by atoms with Gasteiger partial charge in [-0.1, -0.05) is 0 Å². The van der Waals surface area contributed by atoms with Gasteiger partial charge in [0.15, 0.2) is 0 Å². The van der Waals surface area contributed by atoms with Gasteiger partial charge in [0.05, 0.1) is 0 Å². The second kappa shape index (κ2) is 7.70. The fraction of sp³-hybridized carbons (Fsp3) is 0.667. The first kappa shape index (κ1) is 15.9. The molecule has 0 aromatic heterocycles. The lowest BCUT2D eigenvalue weighted by Crippen LogP contribution is -2.31. The molecule has 0 aliphatic rings. The van der Waals surface area contributed by atoms with Crippen LogP contribution in [0.15, 0.2) is 0 Å². The van der Waals surface area contributed by atoms with E-state index in [-0.39, 0.29) is 16.7 Å². The van der Waals surface area contributed by atoms with Crippen molar-refractivity contribution >= 4 is 18.6 Å². The maximum absolute atomic E-state index is 9.76. The highest BCUT2D eigenvalue weighted by atomic mass is 32.1. The summed E-state index contributed by atoms with van der Waals surface area (Å²) in [5, 5.41) is 8.01. The summed E-state index contributed by atoms with van der Waals surface area (Å²) in [4.78, 5) is 9.76. The summed E-state index contributed by atoms with van der Waals surface area (Å²) >= 11 is 3.65. The number of hydrogen-bond donors (Lipinski definition) is 3. The number of hydrogen-bond acceptors (Lipinski definition) is 3. The lowest BCUT2D eigenvalue weighted by Gasteiger charge is -1.96. The van der Waals surface area contributed by atoms with E-state index in [4.69, 9.17) is 10.8 Å². The third-order valence-corrected chi connectivity index (χ3v) is 0.907. The molecule has 9 heavy (non-hydrogen) atoms. The van der Waals surface area contributed by atoms with Gasteiger partial charge in [-0.2, -0.15) is 12.6 Å². The average molecular weight is 157 g/mol. The van der Waals surface area contributed by atoms with Gasteiger partial charge in [0.25, 0.3) is 0 Å². The minimum Gasteiger partial charge on any atom is -0.480 e. The highest BCUT2D eigenvalue weighted by Gasteiger charge is 2.06. The second-order valence-corrected chi connectivity index (χ2v) is 1.49. The van der Waals surface area contributed by atoms with Gasteiger partial charge in [0.2, 0.25) is 0 Å². The number of thiol groups is 1. The van der Waals surface area contributed by atoms with Crippen molar-refractivity contribution in [1.82, 2.24) is 0 Å². The van der Waals surface area contributed by atoms with Crippen LogP contribution in [0, 0.1) is 0 Å². The fourth-order valence-electron chi connectivity index (χ4n) is 0.0781.